The van der Waals surface area contributed by atoms with E-state index >= 15 is 0 Å². The average Bonchev–Trinajstić information content (AvgIpc) is 3.17. The summed E-state index contributed by atoms with van der Waals surface area (Å²) in [4.78, 5) is 0. The minimum absolute atomic E-state index is 0.657. The third kappa shape index (κ3) is 3.32. The first-order valence-corrected chi connectivity index (χ1v) is 7.34. The van der Waals surface area contributed by atoms with E-state index in [9.17, 15) is 0 Å². The lowest BCUT2D eigenvalue weighted by molar-refractivity contribution is 0.471. The van der Waals surface area contributed by atoms with Gasteiger partial charge in [-0.1, -0.05) is 11.6 Å². The summed E-state index contributed by atoms with van der Waals surface area (Å²) in [7, 11) is 0. The Kier molecular flexibility index (Phi) is 3.94. The Morgan fingerprint density at radius 3 is 3.00 bits per heavy atom. The van der Waals surface area contributed by atoms with Crippen molar-refractivity contribution in [2.75, 3.05) is 0 Å². The van der Waals surface area contributed by atoms with Crippen LogP contribution in [0.5, 0.6) is 11.5 Å². The van der Waals surface area contributed by atoms with Gasteiger partial charge in [-0.3, -0.25) is 4.68 Å². The van der Waals surface area contributed by atoms with Crippen LogP contribution in [-0.4, -0.2) is 15.8 Å². The lowest BCUT2D eigenvalue weighted by atomic mass is 10.2. The first kappa shape index (κ1) is 13.5. The summed E-state index contributed by atoms with van der Waals surface area (Å²) in [5.41, 5.74) is 1.08. The van der Waals surface area contributed by atoms with E-state index in [-0.39, 0.29) is 0 Å². The fourth-order valence-electron chi connectivity index (χ4n) is 2.02. The molecule has 2 aromatic rings. The monoisotopic (exact) mass is 291 g/mol. The second-order valence-electron chi connectivity index (χ2n) is 5.04. The quantitative estimate of drug-likeness (QED) is 0.884. The van der Waals surface area contributed by atoms with Gasteiger partial charge in [0.15, 0.2) is 5.75 Å². The average molecular weight is 292 g/mol. The maximum Gasteiger partial charge on any atom is 0.165 e. The molecule has 0 aliphatic heterocycles. The maximum absolute atomic E-state index is 6.08. The largest absolute Gasteiger partial charge is 0.454 e. The van der Waals surface area contributed by atoms with Crippen LogP contribution >= 0.6 is 11.6 Å². The van der Waals surface area contributed by atoms with E-state index in [0.29, 0.717) is 6.04 Å². The Balaban J connectivity index is 1.75. The van der Waals surface area contributed by atoms with Crippen LogP contribution in [0.25, 0.3) is 0 Å². The van der Waals surface area contributed by atoms with Gasteiger partial charge in [-0.25, -0.2) is 0 Å². The van der Waals surface area contributed by atoms with E-state index in [1.54, 1.807) is 6.20 Å². The molecule has 0 amide bonds. The Labute approximate surface area is 123 Å². The van der Waals surface area contributed by atoms with Gasteiger partial charge in [0.25, 0.3) is 0 Å². The predicted octanol–water partition coefficient (Wildman–Crippen LogP) is 3.60. The minimum atomic E-state index is 0.657. The van der Waals surface area contributed by atoms with Crippen LogP contribution in [0.15, 0.2) is 30.6 Å². The number of hydrogen-bond donors (Lipinski definition) is 1. The summed E-state index contributed by atoms with van der Waals surface area (Å²) in [6.07, 6.45) is 6.16. The molecule has 20 heavy (non-hydrogen) atoms. The number of rotatable bonds is 6. The van der Waals surface area contributed by atoms with E-state index in [0.717, 1.165) is 35.2 Å². The van der Waals surface area contributed by atoms with Crippen molar-refractivity contribution < 1.29 is 4.74 Å². The van der Waals surface area contributed by atoms with Crippen LogP contribution in [0, 0.1) is 0 Å². The number of aromatic nitrogens is 2. The van der Waals surface area contributed by atoms with Crippen molar-refractivity contribution in [3.8, 4) is 11.5 Å². The standard InChI is InChI=1S/C15H18ClN3O/c1-2-19-10-14(9-18-19)20-15-6-3-12(16)7-11(15)8-17-13-4-5-13/h3,6-7,9-10,13,17H,2,4-5,8H2,1H3. The van der Waals surface area contributed by atoms with Gasteiger partial charge in [-0.05, 0) is 38.0 Å². The Hall–Kier alpha value is -1.52. The molecule has 1 saturated carbocycles. The van der Waals surface area contributed by atoms with Crippen molar-refractivity contribution >= 4 is 11.6 Å². The summed E-state index contributed by atoms with van der Waals surface area (Å²) >= 11 is 6.08. The van der Waals surface area contributed by atoms with Crippen molar-refractivity contribution in [3.63, 3.8) is 0 Å². The van der Waals surface area contributed by atoms with Crippen LogP contribution in [0.2, 0.25) is 5.02 Å². The van der Waals surface area contributed by atoms with Crippen LogP contribution in [0.4, 0.5) is 0 Å². The van der Waals surface area contributed by atoms with E-state index in [1.165, 1.54) is 12.8 Å². The molecule has 106 valence electrons. The second kappa shape index (κ2) is 5.85. The summed E-state index contributed by atoms with van der Waals surface area (Å²) in [6.45, 7) is 3.66. The summed E-state index contributed by atoms with van der Waals surface area (Å²) in [5.74, 6) is 1.58. The molecule has 0 atom stereocenters. The summed E-state index contributed by atoms with van der Waals surface area (Å²) < 4.78 is 7.76. The Bertz CT molecular complexity index is 593. The van der Waals surface area contributed by atoms with Gasteiger partial charge in [0, 0.05) is 29.7 Å². The zero-order valence-corrected chi connectivity index (χ0v) is 12.2. The fraction of sp³-hybridized carbons (Fsp3) is 0.400. The van der Waals surface area contributed by atoms with E-state index in [4.69, 9.17) is 16.3 Å². The number of benzene rings is 1. The number of halogens is 1. The highest BCUT2D eigenvalue weighted by molar-refractivity contribution is 6.30. The fourth-order valence-corrected chi connectivity index (χ4v) is 2.22. The zero-order valence-electron chi connectivity index (χ0n) is 11.5. The molecule has 1 heterocycles. The van der Waals surface area contributed by atoms with E-state index in [1.807, 2.05) is 36.0 Å². The highest BCUT2D eigenvalue weighted by atomic mass is 35.5. The molecule has 5 heteroatoms. The molecule has 0 radical (unpaired) electrons. The summed E-state index contributed by atoms with van der Waals surface area (Å²) in [6, 6.07) is 6.37. The van der Waals surface area contributed by atoms with Crippen molar-refractivity contribution in [2.24, 2.45) is 0 Å². The van der Waals surface area contributed by atoms with Crippen molar-refractivity contribution in [1.29, 1.82) is 0 Å². The highest BCUT2D eigenvalue weighted by Crippen LogP contribution is 2.29. The number of hydrogen-bond acceptors (Lipinski definition) is 3. The zero-order chi connectivity index (χ0) is 13.9. The van der Waals surface area contributed by atoms with Gasteiger partial charge in [0.05, 0.1) is 12.4 Å². The Morgan fingerprint density at radius 1 is 1.45 bits per heavy atom. The molecule has 1 aromatic carbocycles. The van der Waals surface area contributed by atoms with E-state index < -0.39 is 0 Å². The van der Waals surface area contributed by atoms with Gasteiger partial charge in [-0.2, -0.15) is 5.10 Å². The molecule has 0 saturated heterocycles. The molecule has 0 unspecified atom stereocenters. The minimum Gasteiger partial charge on any atom is -0.454 e. The molecule has 3 rings (SSSR count). The molecular weight excluding hydrogens is 274 g/mol. The first-order valence-electron chi connectivity index (χ1n) is 6.96. The normalized spacial score (nSPS) is 14.5. The Morgan fingerprint density at radius 2 is 2.30 bits per heavy atom. The lowest BCUT2D eigenvalue weighted by Crippen LogP contribution is -2.15. The smallest absolute Gasteiger partial charge is 0.165 e. The maximum atomic E-state index is 6.08. The molecular formula is C15H18ClN3O. The molecule has 1 N–H and O–H groups in total. The molecule has 0 bridgehead atoms. The van der Waals surface area contributed by atoms with Crippen molar-refractivity contribution in [3.05, 3.63) is 41.2 Å². The predicted molar refractivity (Wildman–Crippen MR) is 79.3 cm³/mol. The van der Waals surface area contributed by atoms with Crippen molar-refractivity contribution in [1.82, 2.24) is 15.1 Å². The van der Waals surface area contributed by atoms with Gasteiger partial charge in [-0.15, -0.1) is 0 Å². The SMILES string of the molecule is CCn1cc(Oc2ccc(Cl)cc2CNC2CC2)cn1. The number of nitrogens with zero attached hydrogens (tertiary/aromatic N) is 2. The van der Waals surface area contributed by atoms with Crippen LogP contribution in [0.3, 0.4) is 0 Å². The molecule has 1 aliphatic carbocycles. The number of aryl methyl sites for hydroxylation is 1. The lowest BCUT2D eigenvalue weighted by Gasteiger charge is -2.11. The molecule has 1 fully saturated rings. The van der Waals surface area contributed by atoms with Gasteiger partial charge >= 0.3 is 0 Å². The molecule has 0 spiro atoms. The third-order valence-corrected chi connectivity index (χ3v) is 3.58. The number of ether oxygens (including phenoxy) is 1. The summed E-state index contributed by atoms with van der Waals surface area (Å²) in [5, 5.41) is 8.43. The van der Waals surface area contributed by atoms with Crippen LogP contribution in [-0.2, 0) is 13.1 Å². The highest BCUT2D eigenvalue weighted by Gasteiger charge is 2.20. The first-order chi connectivity index (χ1) is 9.74. The van der Waals surface area contributed by atoms with Crippen molar-refractivity contribution in [2.45, 2.75) is 38.9 Å². The van der Waals surface area contributed by atoms with Gasteiger partial charge < -0.3 is 10.1 Å². The number of nitrogens with one attached hydrogen (secondary N) is 1. The van der Waals surface area contributed by atoms with Gasteiger partial charge in [0.2, 0.25) is 0 Å². The van der Waals surface area contributed by atoms with Gasteiger partial charge in [0.1, 0.15) is 5.75 Å². The molecule has 4 nitrogen and oxygen atoms in total. The molecule has 1 aromatic heterocycles. The van der Waals surface area contributed by atoms with Crippen LogP contribution in [0.1, 0.15) is 25.3 Å². The topological polar surface area (TPSA) is 39.1 Å². The van der Waals surface area contributed by atoms with Crippen LogP contribution < -0.4 is 10.1 Å². The van der Waals surface area contributed by atoms with E-state index in [2.05, 4.69) is 10.4 Å². The second-order valence-corrected chi connectivity index (χ2v) is 5.48. The molecule has 1 aliphatic rings. The third-order valence-electron chi connectivity index (χ3n) is 3.34.